The number of rotatable bonds is 3. The highest BCUT2D eigenvalue weighted by Crippen LogP contribution is 2.22. The quantitative estimate of drug-likeness (QED) is 0.668. The minimum absolute atomic E-state index is 0.0554. The molecule has 4 nitrogen and oxygen atoms in total. The number of halogens is 2. The van der Waals surface area contributed by atoms with Crippen LogP contribution < -0.4 is 5.32 Å². The molecule has 2 aromatic rings. The summed E-state index contributed by atoms with van der Waals surface area (Å²) in [4.78, 5) is 9.92. The lowest BCUT2D eigenvalue weighted by molar-refractivity contribution is -0.384. The van der Waals surface area contributed by atoms with E-state index in [9.17, 15) is 18.9 Å². The second kappa shape index (κ2) is 4.79. The molecule has 2 aromatic carbocycles. The van der Waals surface area contributed by atoms with E-state index in [1.54, 1.807) is 0 Å². The largest absolute Gasteiger partial charge is 0.353 e. The first-order valence-corrected chi connectivity index (χ1v) is 5.03. The molecule has 92 valence electrons. The van der Waals surface area contributed by atoms with Crippen molar-refractivity contribution in [2.24, 2.45) is 0 Å². The zero-order valence-corrected chi connectivity index (χ0v) is 9.06. The van der Waals surface area contributed by atoms with Gasteiger partial charge < -0.3 is 5.32 Å². The third kappa shape index (κ3) is 2.60. The number of nitrogens with zero attached hydrogens (tertiary/aromatic N) is 1. The Bertz CT molecular complexity index is 585. The van der Waals surface area contributed by atoms with Crippen molar-refractivity contribution in [3.63, 3.8) is 0 Å². The summed E-state index contributed by atoms with van der Waals surface area (Å²) in [7, 11) is 0. The highest BCUT2D eigenvalue weighted by molar-refractivity contribution is 5.61. The third-order valence-corrected chi connectivity index (χ3v) is 2.29. The Kier molecular flexibility index (Phi) is 3.18. The van der Waals surface area contributed by atoms with Crippen LogP contribution >= 0.6 is 0 Å². The van der Waals surface area contributed by atoms with Crippen molar-refractivity contribution >= 4 is 17.1 Å². The summed E-state index contributed by atoms with van der Waals surface area (Å²) < 4.78 is 26.0. The van der Waals surface area contributed by atoms with E-state index in [1.165, 1.54) is 30.3 Å². The van der Waals surface area contributed by atoms with Crippen molar-refractivity contribution in [3.8, 4) is 0 Å². The Morgan fingerprint density at radius 1 is 1.06 bits per heavy atom. The molecule has 18 heavy (non-hydrogen) atoms. The molecule has 0 aliphatic heterocycles. The topological polar surface area (TPSA) is 55.2 Å². The van der Waals surface area contributed by atoms with Crippen molar-refractivity contribution in [2.45, 2.75) is 0 Å². The predicted octanol–water partition coefficient (Wildman–Crippen LogP) is 3.62. The Labute approximate surface area is 101 Å². The van der Waals surface area contributed by atoms with Crippen molar-refractivity contribution in [3.05, 3.63) is 64.2 Å². The number of nitrogens with one attached hydrogen (secondary N) is 1. The average Bonchev–Trinajstić information content (AvgIpc) is 2.33. The van der Waals surface area contributed by atoms with Gasteiger partial charge in [-0.3, -0.25) is 10.1 Å². The maximum atomic E-state index is 13.3. The lowest BCUT2D eigenvalue weighted by atomic mass is 10.2. The molecule has 0 heterocycles. The summed E-state index contributed by atoms with van der Waals surface area (Å²) in [5.41, 5.74) is 0.525. The predicted molar refractivity (Wildman–Crippen MR) is 62.7 cm³/mol. The molecule has 0 fully saturated rings. The fourth-order valence-electron chi connectivity index (χ4n) is 1.41. The Balaban J connectivity index is 2.21. The van der Waals surface area contributed by atoms with E-state index in [-0.39, 0.29) is 11.4 Å². The molecule has 0 aliphatic rings. The molecule has 1 N–H and O–H groups in total. The van der Waals surface area contributed by atoms with Gasteiger partial charge in [-0.1, -0.05) is 0 Å². The van der Waals surface area contributed by atoms with Gasteiger partial charge >= 0.3 is 0 Å². The van der Waals surface area contributed by atoms with Gasteiger partial charge in [-0.15, -0.1) is 0 Å². The van der Waals surface area contributed by atoms with Crippen LogP contribution in [0.5, 0.6) is 0 Å². The second-order valence-corrected chi connectivity index (χ2v) is 3.55. The molecule has 0 saturated carbocycles. The third-order valence-electron chi connectivity index (χ3n) is 2.29. The molecule has 0 amide bonds. The summed E-state index contributed by atoms with van der Waals surface area (Å²) in [6, 6.07) is 8.62. The van der Waals surface area contributed by atoms with E-state index in [2.05, 4.69) is 5.32 Å². The summed E-state index contributed by atoms with van der Waals surface area (Å²) >= 11 is 0. The number of benzene rings is 2. The highest BCUT2D eigenvalue weighted by Gasteiger charge is 2.06. The van der Waals surface area contributed by atoms with E-state index in [1.807, 2.05) is 0 Å². The van der Waals surface area contributed by atoms with Gasteiger partial charge in [0.05, 0.1) is 10.6 Å². The van der Waals surface area contributed by atoms with E-state index >= 15 is 0 Å². The molecular formula is C12H8F2N2O2. The van der Waals surface area contributed by atoms with Crippen LogP contribution in [0.15, 0.2) is 42.5 Å². The standard InChI is InChI=1S/C12H8F2N2O2/c13-8-1-6-12(11(14)7-8)15-9-2-4-10(5-3-9)16(17)18/h1-7,15H. The molecule has 0 aliphatic carbocycles. The van der Waals surface area contributed by atoms with Gasteiger partial charge in [0.25, 0.3) is 5.69 Å². The zero-order chi connectivity index (χ0) is 13.1. The summed E-state index contributed by atoms with van der Waals surface area (Å²) in [6.07, 6.45) is 0. The summed E-state index contributed by atoms with van der Waals surface area (Å²) in [5, 5.41) is 13.1. The number of nitro benzene ring substituents is 1. The van der Waals surface area contributed by atoms with Crippen LogP contribution in [0.3, 0.4) is 0 Å². The van der Waals surface area contributed by atoms with Crippen LogP contribution in [0, 0.1) is 21.7 Å². The fourth-order valence-corrected chi connectivity index (χ4v) is 1.41. The van der Waals surface area contributed by atoms with E-state index in [4.69, 9.17) is 0 Å². The molecule has 0 atom stereocenters. The molecule has 0 saturated heterocycles. The fraction of sp³-hybridized carbons (Fsp3) is 0. The summed E-state index contributed by atoms with van der Waals surface area (Å²) in [6.45, 7) is 0. The first-order valence-electron chi connectivity index (χ1n) is 5.03. The lowest BCUT2D eigenvalue weighted by Gasteiger charge is -2.07. The van der Waals surface area contributed by atoms with Crippen LogP contribution in [0.25, 0.3) is 0 Å². The minimum Gasteiger partial charge on any atom is -0.353 e. The number of nitro groups is 1. The van der Waals surface area contributed by atoms with Gasteiger partial charge in [-0.05, 0) is 24.3 Å². The van der Waals surface area contributed by atoms with Crippen LogP contribution in [0.2, 0.25) is 0 Å². The number of non-ortho nitro benzene ring substituents is 1. The number of hydrogen-bond donors (Lipinski definition) is 1. The molecule has 0 aromatic heterocycles. The monoisotopic (exact) mass is 250 g/mol. The Morgan fingerprint density at radius 2 is 1.72 bits per heavy atom. The van der Waals surface area contributed by atoms with E-state index in [0.717, 1.165) is 12.1 Å². The average molecular weight is 250 g/mol. The van der Waals surface area contributed by atoms with Gasteiger partial charge in [-0.2, -0.15) is 0 Å². The minimum atomic E-state index is -0.728. The van der Waals surface area contributed by atoms with Crippen LogP contribution in [0.1, 0.15) is 0 Å². The van der Waals surface area contributed by atoms with E-state index < -0.39 is 16.6 Å². The maximum absolute atomic E-state index is 13.3. The highest BCUT2D eigenvalue weighted by atomic mass is 19.1. The van der Waals surface area contributed by atoms with Crippen LogP contribution in [-0.4, -0.2) is 4.92 Å². The lowest BCUT2D eigenvalue weighted by Crippen LogP contribution is -1.95. The van der Waals surface area contributed by atoms with Gasteiger partial charge in [0.2, 0.25) is 0 Å². The van der Waals surface area contributed by atoms with Crippen molar-refractivity contribution < 1.29 is 13.7 Å². The van der Waals surface area contributed by atoms with Crippen molar-refractivity contribution in [1.29, 1.82) is 0 Å². The van der Waals surface area contributed by atoms with Crippen molar-refractivity contribution in [2.75, 3.05) is 5.32 Å². The molecule has 6 heteroatoms. The zero-order valence-electron chi connectivity index (χ0n) is 9.06. The van der Waals surface area contributed by atoms with Crippen molar-refractivity contribution in [1.82, 2.24) is 0 Å². The first-order chi connectivity index (χ1) is 8.56. The normalized spacial score (nSPS) is 10.1. The summed E-state index contributed by atoms with van der Waals surface area (Å²) in [5.74, 6) is -1.39. The molecule has 0 unspecified atom stereocenters. The molecule has 0 spiro atoms. The Morgan fingerprint density at radius 3 is 2.28 bits per heavy atom. The second-order valence-electron chi connectivity index (χ2n) is 3.55. The molecule has 2 rings (SSSR count). The molecular weight excluding hydrogens is 242 g/mol. The smallest absolute Gasteiger partial charge is 0.269 e. The maximum Gasteiger partial charge on any atom is 0.269 e. The Hall–Kier alpha value is -2.50. The van der Waals surface area contributed by atoms with E-state index in [0.29, 0.717) is 5.69 Å². The SMILES string of the molecule is O=[N+]([O-])c1ccc(Nc2ccc(F)cc2F)cc1. The molecule has 0 bridgehead atoms. The van der Waals surface area contributed by atoms with Gasteiger partial charge in [0, 0.05) is 23.9 Å². The first kappa shape index (κ1) is 12.0. The van der Waals surface area contributed by atoms with Crippen LogP contribution in [-0.2, 0) is 0 Å². The number of anilines is 2. The molecule has 0 radical (unpaired) electrons. The van der Waals surface area contributed by atoms with Gasteiger partial charge in [-0.25, -0.2) is 8.78 Å². The van der Waals surface area contributed by atoms with Gasteiger partial charge in [0.15, 0.2) is 0 Å². The number of hydrogen-bond acceptors (Lipinski definition) is 3. The van der Waals surface area contributed by atoms with Gasteiger partial charge in [0.1, 0.15) is 11.6 Å². The van der Waals surface area contributed by atoms with Crippen LogP contribution in [0.4, 0.5) is 25.8 Å².